The van der Waals surface area contributed by atoms with E-state index in [1.807, 2.05) is 25.1 Å². The summed E-state index contributed by atoms with van der Waals surface area (Å²) in [6.45, 7) is 5.49. The van der Waals surface area contributed by atoms with Gasteiger partial charge in [0.2, 0.25) is 0 Å². The monoisotopic (exact) mass is 313 g/mol. The molecule has 1 saturated heterocycles. The summed E-state index contributed by atoms with van der Waals surface area (Å²) in [7, 11) is 0. The minimum atomic E-state index is -0.445. The van der Waals surface area contributed by atoms with E-state index in [0.717, 1.165) is 35.2 Å². The molecule has 0 bridgehead atoms. The molecule has 0 radical (unpaired) electrons. The van der Waals surface area contributed by atoms with Crippen LogP contribution in [0.3, 0.4) is 0 Å². The molecule has 18 heavy (non-hydrogen) atoms. The largest absolute Gasteiger partial charge is 0.393 e. The quantitative estimate of drug-likeness (QED) is 0.901. The average Bonchev–Trinajstić information content (AvgIpc) is 2.78. The average molecular weight is 314 g/mol. The molecular formula is C14H20BrNO2. The van der Waals surface area contributed by atoms with Crippen LogP contribution in [0.2, 0.25) is 0 Å². The molecule has 1 fully saturated rings. The van der Waals surface area contributed by atoms with Crippen LogP contribution >= 0.6 is 15.9 Å². The molecular weight excluding hydrogens is 294 g/mol. The van der Waals surface area contributed by atoms with Gasteiger partial charge < -0.3 is 15.1 Å². The topological polar surface area (TPSA) is 43.7 Å². The number of halogens is 1. The summed E-state index contributed by atoms with van der Waals surface area (Å²) in [5, 5.41) is 19.2. The third-order valence-corrected chi connectivity index (χ3v) is 4.34. The molecule has 2 rings (SSSR count). The maximum Gasteiger partial charge on any atom is 0.0762 e. The maximum absolute atomic E-state index is 9.63. The maximum atomic E-state index is 9.63. The molecule has 0 aliphatic carbocycles. The molecule has 2 unspecified atom stereocenters. The summed E-state index contributed by atoms with van der Waals surface area (Å²) in [4.78, 5) is 2.29. The van der Waals surface area contributed by atoms with Gasteiger partial charge in [-0.2, -0.15) is 0 Å². The molecule has 3 nitrogen and oxygen atoms in total. The smallest absolute Gasteiger partial charge is 0.0762 e. The van der Waals surface area contributed by atoms with Crippen LogP contribution in [0.25, 0.3) is 0 Å². The van der Waals surface area contributed by atoms with Crippen LogP contribution in [-0.4, -0.2) is 29.4 Å². The molecule has 1 aromatic rings. The molecule has 0 saturated carbocycles. The van der Waals surface area contributed by atoms with Crippen LogP contribution < -0.4 is 4.90 Å². The number of rotatable bonds is 3. The highest BCUT2D eigenvalue weighted by molar-refractivity contribution is 9.10. The summed E-state index contributed by atoms with van der Waals surface area (Å²) >= 11 is 3.57. The fourth-order valence-electron chi connectivity index (χ4n) is 2.44. The van der Waals surface area contributed by atoms with Crippen molar-refractivity contribution in [2.75, 3.05) is 18.0 Å². The summed E-state index contributed by atoms with van der Waals surface area (Å²) in [5.41, 5.74) is 2.06. The lowest BCUT2D eigenvalue weighted by Gasteiger charge is -2.22. The highest BCUT2D eigenvalue weighted by Gasteiger charge is 2.27. The lowest BCUT2D eigenvalue weighted by molar-refractivity contribution is 0.136. The number of benzene rings is 1. The molecule has 1 aromatic carbocycles. The van der Waals surface area contributed by atoms with E-state index in [9.17, 15) is 10.2 Å². The predicted molar refractivity (Wildman–Crippen MR) is 76.8 cm³/mol. The molecule has 100 valence electrons. The van der Waals surface area contributed by atoms with Crippen LogP contribution in [0.4, 0.5) is 5.69 Å². The molecule has 0 amide bonds. The predicted octanol–water partition coefficient (Wildman–Crippen LogP) is 2.71. The summed E-state index contributed by atoms with van der Waals surface area (Å²) in [6.07, 6.45) is 0.340. The Hall–Kier alpha value is -0.580. The van der Waals surface area contributed by atoms with E-state index in [1.165, 1.54) is 0 Å². The number of aliphatic hydroxyl groups excluding tert-OH is 2. The normalized spacial score (nSPS) is 23.2. The van der Waals surface area contributed by atoms with Crippen molar-refractivity contribution in [3.8, 4) is 0 Å². The number of nitrogens with zero attached hydrogens (tertiary/aromatic N) is 1. The van der Waals surface area contributed by atoms with Crippen molar-refractivity contribution in [3.05, 3.63) is 28.2 Å². The van der Waals surface area contributed by atoms with E-state index in [-0.39, 0.29) is 6.10 Å². The van der Waals surface area contributed by atoms with E-state index in [0.29, 0.717) is 5.92 Å². The zero-order chi connectivity index (χ0) is 13.3. The second-order valence-corrected chi connectivity index (χ2v) is 5.98. The van der Waals surface area contributed by atoms with Crippen molar-refractivity contribution < 1.29 is 10.2 Å². The SMILES string of the molecule is CC(O)C1CCN(c2ccc([C@@H](C)O)cc2Br)C1. The molecule has 0 spiro atoms. The summed E-state index contributed by atoms with van der Waals surface area (Å²) < 4.78 is 1.01. The molecule has 4 heteroatoms. The molecule has 2 N–H and O–H groups in total. The van der Waals surface area contributed by atoms with Crippen molar-refractivity contribution in [1.82, 2.24) is 0 Å². The molecule has 1 aliphatic heterocycles. The first-order chi connectivity index (χ1) is 8.49. The van der Waals surface area contributed by atoms with Gasteiger partial charge in [0.15, 0.2) is 0 Å². The van der Waals surface area contributed by atoms with Gasteiger partial charge in [0.1, 0.15) is 0 Å². The Kier molecular flexibility index (Phi) is 4.30. The van der Waals surface area contributed by atoms with Gasteiger partial charge in [0.25, 0.3) is 0 Å². The van der Waals surface area contributed by atoms with Crippen LogP contribution in [-0.2, 0) is 0 Å². The number of hydrogen-bond acceptors (Lipinski definition) is 3. The van der Waals surface area contributed by atoms with Crippen LogP contribution in [0.5, 0.6) is 0 Å². The fraction of sp³-hybridized carbons (Fsp3) is 0.571. The minimum Gasteiger partial charge on any atom is -0.393 e. The van der Waals surface area contributed by atoms with Gasteiger partial charge in [0.05, 0.1) is 17.9 Å². The van der Waals surface area contributed by atoms with E-state index in [4.69, 9.17) is 0 Å². The zero-order valence-electron chi connectivity index (χ0n) is 10.8. The number of hydrogen-bond donors (Lipinski definition) is 2. The molecule has 1 heterocycles. The molecule has 0 aromatic heterocycles. The van der Waals surface area contributed by atoms with Crippen LogP contribution in [0.15, 0.2) is 22.7 Å². The van der Waals surface area contributed by atoms with Gasteiger partial charge in [-0.25, -0.2) is 0 Å². The van der Waals surface area contributed by atoms with E-state index < -0.39 is 6.10 Å². The van der Waals surface area contributed by atoms with Gasteiger partial charge in [-0.05, 0) is 53.9 Å². The Bertz CT molecular complexity index is 420. The zero-order valence-corrected chi connectivity index (χ0v) is 12.4. The Morgan fingerprint density at radius 1 is 1.33 bits per heavy atom. The Balaban J connectivity index is 2.15. The van der Waals surface area contributed by atoms with Gasteiger partial charge in [-0.15, -0.1) is 0 Å². The number of anilines is 1. The van der Waals surface area contributed by atoms with Crippen molar-refractivity contribution >= 4 is 21.6 Å². The van der Waals surface area contributed by atoms with E-state index in [2.05, 4.69) is 20.8 Å². The first-order valence-electron chi connectivity index (χ1n) is 6.39. The van der Waals surface area contributed by atoms with Crippen LogP contribution in [0.1, 0.15) is 31.9 Å². The van der Waals surface area contributed by atoms with Crippen molar-refractivity contribution in [3.63, 3.8) is 0 Å². The van der Waals surface area contributed by atoms with Crippen molar-refractivity contribution in [1.29, 1.82) is 0 Å². The first-order valence-corrected chi connectivity index (χ1v) is 7.19. The third-order valence-electron chi connectivity index (χ3n) is 3.70. The third kappa shape index (κ3) is 2.87. The standard InChI is InChI=1S/C14H20BrNO2/c1-9(17)11-3-4-14(13(15)7-11)16-6-5-12(8-16)10(2)18/h3-4,7,9-10,12,17-18H,5-6,8H2,1-2H3/t9-,10?,12?/m1/s1. The summed E-state index contributed by atoms with van der Waals surface area (Å²) in [6, 6.07) is 5.96. The summed E-state index contributed by atoms with van der Waals surface area (Å²) in [5.74, 6) is 0.355. The Labute approximate surface area is 117 Å². The first kappa shape index (κ1) is 13.8. The highest BCUT2D eigenvalue weighted by Crippen LogP contribution is 2.33. The minimum absolute atomic E-state index is 0.245. The van der Waals surface area contributed by atoms with Gasteiger partial charge in [-0.1, -0.05) is 6.07 Å². The van der Waals surface area contributed by atoms with E-state index in [1.54, 1.807) is 6.92 Å². The second-order valence-electron chi connectivity index (χ2n) is 5.12. The lowest BCUT2D eigenvalue weighted by atomic mass is 10.0. The number of aliphatic hydroxyl groups is 2. The Morgan fingerprint density at radius 2 is 2.06 bits per heavy atom. The Morgan fingerprint density at radius 3 is 2.56 bits per heavy atom. The van der Waals surface area contributed by atoms with E-state index >= 15 is 0 Å². The van der Waals surface area contributed by atoms with Gasteiger partial charge in [-0.3, -0.25) is 0 Å². The van der Waals surface area contributed by atoms with Crippen molar-refractivity contribution in [2.24, 2.45) is 5.92 Å². The second kappa shape index (κ2) is 5.59. The van der Waals surface area contributed by atoms with Gasteiger partial charge >= 0.3 is 0 Å². The molecule has 3 atom stereocenters. The fourth-order valence-corrected chi connectivity index (χ4v) is 3.09. The highest BCUT2D eigenvalue weighted by atomic mass is 79.9. The molecule has 1 aliphatic rings. The van der Waals surface area contributed by atoms with Crippen LogP contribution in [0, 0.1) is 5.92 Å². The lowest BCUT2D eigenvalue weighted by Crippen LogP contribution is -2.24. The van der Waals surface area contributed by atoms with Crippen molar-refractivity contribution in [2.45, 2.75) is 32.5 Å². The van der Waals surface area contributed by atoms with Gasteiger partial charge in [0, 0.05) is 23.5 Å².